The van der Waals surface area contributed by atoms with Gasteiger partial charge in [-0.2, -0.15) is 0 Å². The normalized spacial score (nSPS) is 11.4. The monoisotopic (exact) mass is 362 g/mol. The first-order chi connectivity index (χ1) is 13.0. The van der Waals surface area contributed by atoms with Crippen LogP contribution in [0, 0.1) is 0 Å². The number of phenols is 3. The Morgan fingerprint density at radius 1 is 0.593 bits per heavy atom. The Balaban J connectivity index is 2.03. The standard InChI is InChI=1S/C24H26O3/c1-2-16-24(19-5-11-22(26)12-6-19,20-7-13-23(27)14-8-20)17-15-18-3-9-21(25)10-4-18/h3-14,25-27H,2,15-17H2,1H3. The largest absolute Gasteiger partial charge is 0.508 e. The highest BCUT2D eigenvalue weighted by Gasteiger charge is 2.33. The molecule has 3 nitrogen and oxygen atoms in total. The fourth-order valence-corrected chi connectivity index (χ4v) is 3.88. The topological polar surface area (TPSA) is 60.7 Å². The van der Waals surface area contributed by atoms with Crippen molar-refractivity contribution in [1.29, 1.82) is 0 Å². The maximum Gasteiger partial charge on any atom is 0.115 e. The molecule has 0 heterocycles. The molecule has 0 unspecified atom stereocenters. The number of phenolic OH excluding ortho intramolecular Hbond substituents is 3. The molecule has 0 aromatic heterocycles. The molecule has 0 saturated carbocycles. The highest BCUT2D eigenvalue weighted by Crippen LogP contribution is 2.42. The molecule has 3 aromatic rings. The van der Waals surface area contributed by atoms with Crippen LogP contribution in [-0.2, 0) is 11.8 Å². The van der Waals surface area contributed by atoms with Crippen LogP contribution in [0.1, 0.15) is 42.9 Å². The first-order valence-electron chi connectivity index (χ1n) is 9.40. The average molecular weight is 362 g/mol. The third-order valence-corrected chi connectivity index (χ3v) is 5.29. The van der Waals surface area contributed by atoms with Gasteiger partial charge in [-0.25, -0.2) is 0 Å². The molecule has 3 N–H and O–H groups in total. The van der Waals surface area contributed by atoms with Crippen molar-refractivity contribution in [1.82, 2.24) is 0 Å². The van der Waals surface area contributed by atoms with E-state index in [0.717, 1.165) is 36.8 Å². The van der Waals surface area contributed by atoms with Crippen molar-refractivity contribution >= 4 is 0 Å². The molecule has 0 amide bonds. The van der Waals surface area contributed by atoms with Gasteiger partial charge < -0.3 is 15.3 Å². The second-order valence-electron chi connectivity index (χ2n) is 7.09. The molecule has 0 fully saturated rings. The van der Waals surface area contributed by atoms with Gasteiger partial charge in [0.15, 0.2) is 0 Å². The SMILES string of the molecule is CCCC(CCc1ccc(O)cc1)(c1ccc(O)cc1)c1ccc(O)cc1. The van der Waals surface area contributed by atoms with Gasteiger partial charge in [0.1, 0.15) is 17.2 Å². The number of rotatable bonds is 7. The molecule has 140 valence electrons. The van der Waals surface area contributed by atoms with Gasteiger partial charge >= 0.3 is 0 Å². The molecule has 3 rings (SSSR count). The van der Waals surface area contributed by atoms with E-state index >= 15 is 0 Å². The molecule has 0 aliphatic heterocycles. The fraction of sp³-hybridized carbons (Fsp3) is 0.250. The van der Waals surface area contributed by atoms with E-state index < -0.39 is 0 Å². The van der Waals surface area contributed by atoms with Crippen molar-refractivity contribution in [3.63, 3.8) is 0 Å². The van der Waals surface area contributed by atoms with Crippen LogP contribution in [0.25, 0.3) is 0 Å². The van der Waals surface area contributed by atoms with Crippen LogP contribution in [0.2, 0.25) is 0 Å². The molecule has 0 atom stereocenters. The molecular weight excluding hydrogens is 336 g/mol. The minimum Gasteiger partial charge on any atom is -0.508 e. The smallest absolute Gasteiger partial charge is 0.115 e. The zero-order valence-corrected chi connectivity index (χ0v) is 15.6. The highest BCUT2D eigenvalue weighted by molar-refractivity contribution is 5.43. The van der Waals surface area contributed by atoms with Crippen LogP contribution >= 0.6 is 0 Å². The number of benzene rings is 3. The van der Waals surface area contributed by atoms with Gasteiger partial charge in [0.2, 0.25) is 0 Å². The number of hydrogen-bond donors (Lipinski definition) is 3. The van der Waals surface area contributed by atoms with E-state index in [4.69, 9.17) is 0 Å². The summed E-state index contributed by atoms with van der Waals surface area (Å²) in [5.74, 6) is 0.789. The number of aromatic hydroxyl groups is 3. The predicted molar refractivity (Wildman–Crippen MR) is 108 cm³/mol. The van der Waals surface area contributed by atoms with Crippen LogP contribution in [0.3, 0.4) is 0 Å². The Kier molecular flexibility index (Phi) is 5.70. The summed E-state index contributed by atoms with van der Waals surface area (Å²) < 4.78 is 0. The van der Waals surface area contributed by atoms with E-state index in [1.807, 2.05) is 36.4 Å². The second kappa shape index (κ2) is 8.17. The summed E-state index contributed by atoms with van der Waals surface area (Å²) in [6, 6.07) is 22.3. The Labute approximate surface area is 160 Å². The van der Waals surface area contributed by atoms with E-state index in [-0.39, 0.29) is 22.7 Å². The van der Waals surface area contributed by atoms with Crippen molar-refractivity contribution < 1.29 is 15.3 Å². The Morgan fingerprint density at radius 3 is 1.41 bits per heavy atom. The van der Waals surface area contributed by atoms with Crippen molar-refractivity contribution in [2.45, 2.75) is 38.0 Å². The van der Waals surface area contributed by atoms with Crippen LogP contribution in [-0.4, -0.2) is 15.3 Å². The molecule has 27 heavy (non-hydrogen) atoms. The fourth-order valence-electron chi connectivity index (χ4n) is 3.88. The summed E-state index contributed by atoms with van der Waals surface area (Å²) in [6.45, 7) is 2.18. The summed E-state index contributed by atoms with van der Waals surface area (Å²) in [5, 5.41) is 29.0. The van der Waals surface area contributed by atoms with E-state index in [0.29, 0.717) is 0 Å². The lowest BCUT2D eigenvalue weighted by atomic mass is 9.68. The predicted octanol–water partition coefficient (Wildman–Crippen LogP) is 5.52. The Bertz CT molecular complexity index is 804. The molecule has 3 heteroatoms. The van der Waals surface area contributed by atoms with Crippen LogP contribution in [0.15, 0.2) is 72.8 Å². The second-order valence-corrected chi connectivity index (χ2v) is 7.09. The van der Waals surface area contributed by atoms with E-state index in [1.54, 1.807) is 36.4 Å². The molecule has 0 bridgehead atoms. The van der Waals surface area contributed by atoms with Crippen molar-refractivity contribution in [2.24, 2.45) is 0 Å². The molecule has 0 saturated heterocycles. The van der Waals surface area contributed by atoms with Gasteiger partial charge in [-0.15, -0.1) is 0 Å². The molecule has 0 radical (unpaired) electrons. The zero-order chi connectivity index (χ0) is 19.3. The molecule has 0 spiro atoms. The summed E-state index contributed by atoms with van der Waals surface area (Å²) in [5.41, 5.74) is 3.28. The third kappa shape index (κ3) is 4.25. The summed E-state index contributed by atoms with van der Waals surface area (Å²) in [6.07, 6.45) is 3.72. The molecular formula is C24H26O3. The minimum absolute atomic E-state index is 0.214. The van der Waals surface area contributed by atoms with Gasteiger partial charge in [-0.1, -0.05) is 49.7 Å². The van der Waals surface area contributed by atoms with Crippen LogP contribution in [0.4, 0.5) is 0 Å². The third-order valence-electron chi connectivity index (χ3n) is 5.29. The number of aryl methyl sites for hydroxylation is 1. The maximum atomic E-state index is 9.74. The van der Waals surface area contributed by atoms with E-state index in [1.165, 1.54) is 5.56 Å². The molecule has 0 aliphatic rings. The van der Waals surface area contributed by atoms with E-state index in [9.17, 15) is 15.3 Å². The quantitative estimate of drug-likeness (QED) is 0.518. The van der Waals surface area contributed by atoms with Gasteiger partial charge in [0.25, 0.3) is 0 Å². The van der Waals surface area contributed by atoms with Gasteiger partial charge in [-0.05, 0) is 72.4 Å². The van der Waals surface area contributed by atoms with Crippen molar-refractivity contribution in [3.8, 4) is 17.2 Å². The first kappa shape index (κ1) is 18.8. The average Bonchev–Trinajstić information content (AvgIpc) is 2.68. The minimum atomic E-state index is -0.214. The van der Waals surface area contributed by atoms with Gasteiger partial charge in [0.05, 0.1) is 0 Å². The molecule has 0 aliphatic carbocycles. The summed E-state index contributed by atoms with van der Waals surface area (Å²) in [4.78, 5) is 0. The van der Waals surface area contributed by atoms with Crippen LogP contribution in [0.5, 0.6) is 17.2 Å². The lowest BCUT2D eigenvalue weighted by Gasteiger charge is -2.35. The highest BCUT2D eigenvalue weighted by atomic mass is 16.3. The van der Waals surface area contributed by atoms with Crippen molar-refractivity contribution in [2.75, 3.05) is 0 Å². The van der Waals surface area contributed by atoms with Gasteiger partial charge in [0, 0.05) is 5.41 Å². The lowest BCUT2D eigenvalue weighted by molar-refractivity contribution is 0.427. The Morgan fingerprint density at radius 2 is 1.00 bits per heavy atom. The van der Waals surface area contributed by atoms with Crippen LogP contribution < -0.4 is 0 Å². The molecule has 3 aromatic carbocycles. The summed E-state index contributed by atoms with van der Waals surface area (Å²) in [7, 11) is 0. The van der Waals surface area contributed by atoms with Crippen molar-refractivity contribution in [3.05, 3.63) is 89.5 Å². The first-order valence-corrected chi connectivity index (χ1v) is 9.40. The summed E-state index contributed by atoms with van der Waals surface area (Å²) >= 11 is 0. The lowest BCUT2D eigenvalue weighted by Crippen LogP contribution is -2.28. The Hall–Kier alpha value is -2.94. The number of hydrogen-bond acceptors (Lipinski definition) is 3. The van der Waals surface area contributed by atoms with Gasteiger partial charge in [-0.3, -0.25) is 0 Å². The maximum absolute atomic E-state index is 9.74. The van der Waals surface area contributed by atoms with E-state index in [2.05, 4.69) is 6.92 Å². The zero-order valence-electron chi connectivity index (χ0n) is 15.6.